The molecule has 9 heteroatoms. The molecule has 1 heterocycles. The number of nitrogens with one attached hydrogen (secondary N) is 2. The number of carbonyl (C=O) groups is 1. The fourth-order valence-corrected chi connectivity index (χ4v) is 3.65. The quantitative estimate of drug-likeness (QED) is 0.519. The number of amides is 1. The van der Waals surface area contributed by atoms with E-state index in [1.165, 1.54) is 9.47 Å². The number of nitrogens with zero attached hydrogens (tertiary/aromatic N) is 2. The summed E-state index contributed by atoms with van der Waals surface area (Å²) in [7, 11) is 1.57. The van der Waals surface area contributed by atoms with E-state index >= 15 is 0 Å². The Bertz CT molecular complexity index is 1190. The highest BCUT2D eigenvalue weighted by Gasteiger charge is 2.20. The third-order valence-corrected chi connectivity index (χ3v) is 5.25. The highest BCUT2D eigenvalue weighted by atomic mass is 35.5. The average Bonchev–Trinajstić information content (AvgIpc) is 2.71. The summed E-state index contributed by atoms with van der Waals surface area (Å²) in [5.74, 6) is -0.332. The van der Waals surface area contributed by atoms with E-state index < -0.39 is 11.2 Å². The molecule has 0 aliphatic heterocycles. The van der Waals surface area contributed by atoms with Crippen molar-refractivity contribution in [2.24, 2.45) is 0 Å². The molecule has 0 saturated heterocycles. The SMILES string of the molecule is CC(NC(=O)CN(C)c1c(N)n(Cc2ccccc2)c(=O)[nH]c1=O)c1ccccc1Cl. The normalized spacial score (nSPS) is 11.7. The van der Waals surface area contributed by atoms with Crippen molar-refractivity contribution in [2.75, 3.05) is 24.2 Å². The van der Waals surface area contributed by atoms with Crippen LogP contribution in [0.25, 0.3) is 0 Å². The molecule has 0 radical (unpaired) electrons. The van der Waals surface area contributed by atoms with Gasteiger partial charge in [-0.3, -0.25) is 19.1 Å². The van der Waals surface area contributed by atoms with Crippen LogP contribution in [0, 0.1) is 0 Å². The van der Waals surface area contributed by atoms with Gasteiger partial charge in [0.2, 0.25) is 5.91 Å². The molecule has 0 saturated carbocycles. The van der Waals surface area contributed by atoms with Crippen LogP contribution in [0.1, 0.15) is 24.1 Å². The van der Waals surface area contributed by atoms with Crippen molar-refractivity contribution in [1.29, 1.82) is 0 Å². The van der Waals surface area contributed by atoms with E-state index in [0.29, 0.717) is 5.02 Å². The molecule has 3 rings (SSSR count). The summed E-state index contributed by atoms with van der Waals surface area (Å²) in [4.78, 5) is 41.0. The molecule has 0 fully saturated rings. The fraction of sp³-hybridized carbons (Fsp3) is 0.227. The van der Waals surface area contributed by atoms with Crippen molar-refractivity contribution in [1.82, 2.24) is 14.9 Å². The zero-order valence-corrected chi connectivity index (χ0v) is 18.0. The number of aromatic amines is 1. The van der Waals surface area contributed by atoms with E-state index in [9.17, 15) is 14.4 Å². The molecular formula is C22H24ClN5O3. The second kappa shape index (κ2) is 9.53. The number of anilines is 2. The molecule has 8 nitrogen and oxygen atoms in total. The first-order valence-electron chi connectivity index (χ1n) is 9.69. The van der Waals surface area contributed by atoms with Gasteiger partial charge in [0.25, 0.3) is 5.56 Å². The lowest BCUT2D eigenvalue weighted by Gasteiger charge is -2.23. The van der Waals surface area contributed by atoms with E-state index in [-0.39, 0.29) is 36.5 Å². The summed E-state index contributed by atoms with van der Waals surface area (Å²) in [6.07, 6.45) is 0. The molecular weight excluding hydrogens is 418 g/mol. The van der Waals surface area contributed by atoms with Crippen LogP contribution in [0.3, 0.4) is 0 Å². The number of hydrogen-bond acceptors (Lipinski definition) is 5. The summed E-state index contributed by atoms with van der Waals surface area (Å²) < 4.78 is 1.27. The van der Waals surface area contributed by atoms with Crippen molar-refractivity contribution < 1.29 is 4.79 Å². The Morgan fingerprint density at radius 2 is 1.81 bits per heavy atom. The molecule has 1 unspecified atom stereocenters. The van der Waals surface area contributed by atoms with Gasteiger partial charge in [-0.05, 0) is 24.1 Å². The minimum atomic E-state index is -0.652. The van der Waals surface area contributed by atoms with Gasteiger partial charge >= 0.3 is 5.69 Å². The molecule has 31 heavy (non-hydrogen) atoms. The molecule has 4 N–H and O–H groups in total. The first kappa shape index (κ1) is 22.2. The van der Waals surface area contributed by atoms with Crippen LogP contribution in [-0.4, -0.2) is 29.1 Å². The number of benzene rings is 2. The van der Waals surface area contributed by atoms with E-state index in [4.69, 9.17) is 17.3 Å². The molecule has 162 valence electrons. The van der Waals surface area contributed by atoms with Gasteiger partial charge in [0.05, 0.1) is 19.1 Å². The second-order valence-electron chi connectivity index (χ2n) is 7.23. The Labute approximate surface area is 184 Å². The molecule has 0 aliphatic rings. The standard InChI is InChI=1S/C22H24ClN5O3/c1-14(16-10-6-7-11-17(16)23)25-18(29)13-27(2)19-20(24)28(22(31)26-21(19)30)12-15-8-4-3-5-9-15/h3-11,14H,12-13,24H2,1-2H3,(H,25,29)(H,26,30,31). The third-order valence-electron chi connectivity index (χ3n) is 4.91. The van der Waals surface area contributed by atoms with Crippen molar-refractivity contribution in [3.05, 3.63) is 91.6 Å². The average molecular weight is 442 g/mol. The van der Waals surface area contributed by atoms with Crippen LogP contribution >= 0.6 is 11.6 Å². The number of nitrogen functional groups attached to an aromatic ring is 1. The van der Waals surface area contributed by atoms with Gasteiger partial charge in [-0.15, -0.1) is 0 Å². The third kappa shape index (κ3) is 5.16. The Kier molecular flexibility index (Phi) is 6.81. The highest BCUT2D eigenvalue weighted by molar-refractivity contribution is 6.31. The number of rotatable bonds is 7. The van der Waals surface area contributed by atoms with Crippen LogP contribution in [0.15, 0.2) is 64.2 Å². The van der Waals surface area contributed by atoms with Crippen LogP contribution < -0.4 is 27.2 Å². The predicted octanol–water partition coefficient (Wildman–Crippen LogP) is 2.13. The van der Waals surface area contributed by atoms with Gasteiger partial charge in [0.15, 0.2) is 0 Å². The lowest BCUT2D eigenvalue weighted by molar-refractivity contribution is -0.120. The molecule has 1 atom stereocenters. The van der Waals surface area contributed by atoms with E-state index in [1.54, 1.807) is 13.1 Å². The molecule has 3 aromatic rings. The van der Waals surface area contributed by atoms with Crippen molar-refractivity contribution in [3.63, 3.8) is 0 Å². The molecule has 1 amide bonds. The summed E-state index contributed by atoms with van der Waals surface area (Å²) in [5.41, 5.74) is 6.60. The molecule has 0 aliphatic carbocycles. The molecule has 2 aromatic carbocycles. The van der Waals surface area contributed by atoms with E-state index in [1.807, 2.05) is 55.5 Å². The fourth-order valence-electron chi connectivity index (χ4n) is 3.35. The number of nitrogens with two attached hydrogens (primary N) is 1. The second-order valence-corrected chi connectivity index (χ2v) is 7.64. The number of H-pyrrole nitrogens is 1. The maximum absolute atomic E-state index is 12.6. The minimum Gasteiger partial charge on any atom is -0.383 e. The molecule has 1 aromatic heterocycles. The predicted molar refractivity (Wildman–Crippen MR) is 123 cm³/mol. The van der Waals surface area contributed by atoms with E-state index in [2.05, 4.69) is 10.3 Å². The van der Waals surface area contributed by atoms with Gasteiger partial charge < -0.3 is 16.0 Å². The Morgan fingerprint density at radius 1 is 1.16 bits per heavy atom. The van der Waals surface area contributed by atoms with Gasteiger partial charge in [0, 0.05) is 12.1 Å². The summed E-state index contributed by atoms with van der Waals surface area (Å²) in [5, 5.41) is 3.41. The first-order valence-corrected chi connectivity index (χ1v) is 10.1. The Balaban J connectivity index is 1.79. The van der Waals surface area contributed by atoms with Crippen LogP contribution in [0.4, 0.5) is 11.5 Å². The van der Waals surface area contributed by atoms with Crippen LogP contribution in [-0.2, 0) is 11.3 Å². The van der Waals surface area contributed by atoms with Crippen molar-refractivity contribution in [2.45, 2.75) is 19.5 Å². The first-order chi connectivity index (χ1) is 14.8. The topological polar surface area (TPSA) is 113 Å². The molecule has 0 spiro atoms. The smallest absolute Gasteiger partial charge is 0.330 e. The van der Waals surface area contributed by atoms with Gasteiger partial charge in [-0.1, -0.05) is 60.1 Å². The maximum atomic E-state index is 12.6. The molecule has 0 bridgehead atoms. The lowest BCUT2D eigenvalue weighted by atomic mass is 10.1. The van der Waals surface area contributed by atoms with Gasteiger partial charge in [-0.2, -0.15) is 0 Å². The maximum Gasteiger partial charge on any atom is 0.330 e. The minimum absolute atomic E-state index is 0.00736. The number of hydrogen-bond donors (Lipinski definition) is 3. The number of likely N-dealkylation sites (N-methyl/N-ethyl adjacent to an activating group) is 1. The Hall–Kier alpha value is -3.52. The van der Waals surface area contributed by atoms with Gasteiger partial charge in [-0.25, -0.2) is 4.79 Å². The van der Waals surface area contributed by atoms with Crippen molar-refractivity contribution >= 4 is 29.0 Å². The van der Waals surface area contributed by atoms with Gasteiger partial charge in [0.1, 0.15) is 11.5 Å². The highest BCUT2D eigenvalue weighted by Crippen LogP contribution is 2.22. The summed E-state index contributed by atoms with van der Waals surface area (Å²) >= 11 is 6.19. The zero-order chi connectivity index (χ0) is 22.5. The Morgan fingerprint density at radius 3 is 2.48 bits per heavy atom. The number of carbonyl (C=O) groups excluding carboxylic acids is 1. The zero-order valence-electron chi connectivity index (χ0n) is 17.3. The largest absolute Gasteiger partial charge is 0.383 e. The summed E-state index contributed by atoms with van der Waals surface area (Å²) in [6, 6.07) is 16.2. The van der Waals surface area contributed by atoms with Crippen LogP contribution in [0.2, 0.25) is 5.02 Å². The van der Waals surface area contributed by atoms with Crippen molar-refractivity contribution in [3.8, 4) is 0 Å². The number of aromatic nitrogens is 2. The monoisotopic (exact) mass is 441 g/mol. The lowest BCUT2D eigenvalue weighted by Crippen LogP contribution is -2.41. The summed E-state index contributed by atoms with van der Waals surface area (Å²) in [6.45, 7) is 1.88. The van der Waals surface area contributed by atoms with Crippen LogP contribution in [0.5, 0.6) is 0 Å². The van der Waals surface area contributed by atoms with E-state index in [0.717, 1.165) is 11.1 Å². The number of halogens is 1.